The first-order chi connectivity index (χ1) is 10.0. The number of likely N-dealkylation sites (tertiary alicyclic amines) is 1. The Bertz CT molecular complexity index is 634. The monoisotopic (exact) mass is 306 g/mol. The van der Waals surface area contributed by atoms with Gasteiger partial charge in [-0.25, -0.2) is 9.97 Å². The predicted molar refractivity (Wildman–Crippen MR) is 86.8 cm³/mol. The molecule has 1 aliphatic heterocycles. The summed E-state index contributed by atoms with van der Waals surface area (Å²) in [6.45, 7) is 7.34. The Labute approximate surface area is 131 Å². The Balaban J connectivity index is 1.97. The Morgan fingerprint density at radius 3 is 3.00 bits per heavy atom. The fourth-order valence-corrected chi connectivity index (χ4v) is 3.46. The van der Waals surface area contributed by atoms with Crippen molar-refractivity contribution in [2.75, 3.05) is 20.1 Å². The van der Waals surface area contributed by atoms with Crippen LogP contribution in [0.1, 0.15) is 36.5 Å². The number of imidazole rings is 1. The average Bonchev–Trinajstić information content (AvgIpc) is 2.77. The number of aryl methyl sites for hydroxylation is 1. The van der Waals surface area contributed by atoms with Gasteiger partial charge in [0.1, 0.15) is 11.3 Å². The molecule has 0 amide bonds. The fraction of sp³-hybridized carbons (Fsp3) is 0.625. The number of aromatic nitrogens is 3. The minimum atomic E-state index is -0.0965. The molecule has 0 radical (unpaired) electrons. The molecule has 0 aliphatic carbocycles. The standard InChI is InChI=1S/C16H23ClN4/c1-11-7-14-16(18-8-11)21(15(19-14)12(2)17)10-13-5-4-6-20(3)9-13/h7-8,12-13H,4-6,9-10H2,1-3H3. The third-order valence-corrected chi connectivity index (χ3v) is 4.46. The molecule has 0 saturated carbocycles. The zero-order valence-corrected chi connectivity index (χ0v) is 13.8. The normalized spacial score (nSPS) is 21.8. The summed E-state index contributed by atoms with van der Waals surface area (Å²) in [6.07, 6.45) is 4.45. The number of piperidine rings is 1. The van der Waals surface area contributed by atoms with Gasteiger partial charge in [-0.2, -0.15) is 0 Å². The Morgan fingerprint density at radius 2 is 2.29 bits per heavy atom. The van der Waals surface area contributed by atoms with E-state index in [9.17, 15) is 0 Å². The highest BCUT2D eigenvalue weighted by atomic mass is 35.5. The van der Waals surface area contributed by atoms with E-state index >= 15 is 0 Å². The van der Waals surface area contributed by atoms with Gasteiger partial charge in [0, 0.05) is 19.3 Å². The van der Waals surface area contributed by atoms with Crippen molar-refractivity contribution >= 4 is 22.8 Å². The molecule has 4 nitrogen and oxygen atoms in total. The molecule has 2 unspecified atom stereocenters. The van der Waals surface area contributed by atoms with Crippen LogP contribution in [0.4, 0.5) is 0 Å². The summed E-state index contributed by atoms with van der Waals surface area (Å²) in [7, 11) is 2.20. The molecule has 114 valence electrons. The van der Waals surface area contributed by atoms with E-state index in [1.807, 2.05) is 20.0 Å². The lowest BCUT2D eigenvalue weighted by Gasteiger charge is -2.30. The van der Waals surface area contributed by atoms with Gasteiger partial charge in [0.15, 0.2) is 5.65 Å². The van der Waals surface area contributed by atoms with Gasteiger partial charge >= 0.3 is 0 Å². The number of halogens is 1. The molecule has 2 atom stereocenters. The van der Waals surface area contributed by atoms with Crippen LogP contribution in [0, 0.1) is 12.8 Å². The van der Waals surface area contributed by atoms with Crippen LogP contribution in [-0.4, -0.2) is 39.6 Å². The summed E-state index contributed by atoms with van der Waals surface area (Å²) in [5, 5.41) is -0.0965. The van der Waals surface area contributed by atoms with Crippen molar-refractivity contribution in [2.45, 2.75) is 38.6 Å². The zero-order valence-electron chi connectivity index (χ0n) is 13.0. The fourth-order valence-electron chi connectivity index (χ4n) is 3.29. The van der Waals surface area contributed by atoms with Gasteiger partial charge in [-0.1, -0.05) is 0 Å². The smallest absolute Gasteiger partial charge is 0.160 e. The van der Waals surface area contributed by atoms with E-state index < -0.39 is 0 Å². The molecule has 21 heavy (non-hydrogen) atoms. The van der Waals surface area contributed by atoms with Crippen molar-refractivity contribution in [1.82, 2.24) is 19.4 Å². The van der Waals surface area contributed by atoms with Gasteiger partial charge in [0.25, 0.3) is 0 Å². The largest absolute Gasteiger partial charge is 0.311 e. The van der Waals surface area contributed by atoms with Gasteiger partial charge in [0.2, 0.25) is 0 Å². The van der Waals surface area contributed by atoms with E-state index in [0.717, 1.165) is 35.6 Å². The van der Waals surface area contributed by atoms with E-state index in [0.29, 0.717) is 5.92 Å². The number of pyridine rings is 1. The topological polar surface area (TPSA) is 34.0 Å². The van der Waals surface area contributed by atoms with Gasteiger partial charge in [-0.15, -0.1) is 11.6 Å². The van der Waals surface area contributed by atoms with Crippen molar-refractivity contribution in [3.05, 3.63) is 23.7 Å². The van der Waals surface area contributed by atoms with Crippen molar-refractivity contribution < 1.29 is 0 Å². The lowest BCUT2D eigenvalue weighted by atomic mass is 9.98. The maximum atomic E-state index is 6.34. The maximum Gasteiger partial charge on any atom is 0.160 e. The highest BCUT2D eigenvalue weighted by Crippen LogP contribution is 2.27. The number of fused-ring (bicyclic) bond motifs is 1. The van der Waals surface area contributed by atoms with Gasteiger partial charge in [-0.3, -0.25) is 0 Å². The molecule has 1 saturated heterocycles. The first kappa shape index (κ1) is 14.8. The van der Waals surface area contributed by atoms with E-state index in [2.05, 4.69) is 27.6 Å². The molecular weight excluding hydrogens is 284 g/mol. The summed E-state index contributed by atoms with van der Waals surface area (Å²) >= 11 is 6.34. The summed E-state index contributed by atoms with van der Waals surface area (Å²) in [6, 6.07) is 2.09. The van der Waals surface area contributed by atoms with Crippen LogP contribution in [0.5, 0.6) is 0 Å². The number of hydrogen-bond acceptors (Lipinski definition) is 3. The predicted octanol–water partition coefficient (Wildman–Crippen LogP) is 3.38. The molecule has 2 aromatic rings. The van der Waals surface area contributed by atoms with Crippen LogP contribution in [-0.2, 0) is 6.54 Å². The van der Waals surface area contributed by atoms with E-state index in [-0.39, 0.29) is 5.38 Å². The van der Waals surface area contributed by atoms with E-state index in [1.54, 1.807) is 0 Å². The van der Waals surface area contributed by atoms with Gasteiger partial charge < -0.3 is 9.47 Å². The lowest BCUT2D eigenvalue weighted by Crippen LogP contribution is -2.34. The van der Waals surface area contributed by atoms with Crippen LogP contribution in [0.2, 0.25) is 0 Å². The summed E-state index contributed by atoms with van der Waals surface area (Å²) in [5.41, 5.74) is 3.07. The van der Waals surface area contributed by atoms with Crippen molar-refractivity contribution in [2.24, 2.45) is 5.92 Å². The van der Waals surface area contributed by atoms with Crippen molar-refractivity contribution in [3.63, 3.8) is 0 Å². The SMILES string of the molecule is Cc1cnc2c(c1)nc(C(C)Cl)n2CC1CCCN(C)C1. The minimum absolute atomic E-state index is 0.0965. The number of alkyl halides is 1. The molecule has 0 bridgehead atoms. The third-order valence-electron chi connectivity index (χ3n) is 4.27. The van der Waals surface area contributed by atoms with E-state index in [1.165, 1.54) is 19.4 Å². The van der Waals surface area contributed by atoms with Crippen LogP contribution < -0.4 is 0 Å². The minimum Gasteiger partial charge on any atom is -0.311 e. The number of rotatable bonds is 3. The molecular formula is C16H23ClN4. The number of nitrogens with zero attached hydrogens (tertiary/aromatic N) is 4. The molecule has 3 rings (SSSR count). The van der Waals surface area contributed by atoms with E-state index in [4.69, 9.17) is 16.6 Å². The van der Waals surface area contributed by atoms with Crippen LogP contribution in [0.15, 0.2) is 12.3 Å². The highest BCUT2D eigenvalue weighted by Gasteiger charge is 2.22. The highest BCUT2D eigenvalue weighted by molar-refractivity contribution is 6.20. The molecule has 1 aliphatic rings. The first-order valence-electron chi connectivity index (χ1n) is 7.70. The summed E-state index contributed by atoms with van der Waals surface area (Å²) in [5.74, 6) is 1.59. The first-order valence-corrected chi connectivity index (χ1v) is 8.13. The second-order valence-corrected chi connectivity index (χ2v) is 6.98. The van der Waals surface area contributed by atoms with Crippen LogP contribution >= 0.6 is 11.6 Å². The molecule has 2 aromatic heterocycles. The molecule has 3 heterocycles. The maximum absolute atomic E-state index is 6.34. The average molecular weight is 307 g/mol. The molecule has 0 N–H and O–H groups in total. The van der Waals surface area contributed by atoms with Crippen LogP contribution in [0.25, 0.3) is 11.2 Å². The summed E-state index contributed by atoms with van der Waals surface area (Å²) in [4.78, 5) is 11.7. The Morgan fingerprint density at radius 1 is 1.48 bits per heavy atom. The third kappa shape index (κ3) is 3.06. The van der Waals surface area contributed by atoms with Gasteiger partial charge in [0.05, 0.1) is 5.38 Å². The quantitative estimate of drug-likeness (QED) is 0.815. The number of hydrogen-bond donors (Lipinski definition) is 0. The summed E-state index contributed by atoms with van der Waals surface area (Å²) < 4.78 is 2.23. The molecule has 0 spiro atoms. The molecule has 0 aromatic carbocycles. The van der Waals surface area contributed by atoms with Gasteiger partial charge in [-0.05, 0) is 57.8 Å². The second kappa shape index (κ2) is 5.93. The Kier molecular flexibility index (Phi) is 4.18. The molecule has 1 fully saturated rings. The lowest BCUT2D eigenvalue weighted by molar-refractivity contribution is 0.194. The second-order valence-electron chi connectivity index (χ2n) is 6.32. The Hall–Kier alpha value is -1.13. The molecule has 5 heteroatoms. The van der Waals surface area contributed by atoms with Crippen molar-refractivity contribution in [3.8, 4) is 0 Å². The zero-order chi connectivity index (χ0) is 15.0. The van der Waals surface area contributed by atoms with Crippen LogP contribution in [0.3, 0.4) is 0 Å². The van der Waals surface area contributed by atoms with Crippen molar-refractivity contribution in [1.29, 1.82) is 0 Å².